The topological polar surface area (TPSA) is 83.3 Å². The number of H-pyrrole nitrogens is 1. The molecule has 0 unspecified atom stereocenters. The Kier molecular flexibility index (Phi) is 4.42. The van der Waals surface area contributed by atoms with E-state index in [4.69, 9.17) is 9.15 Å². The highest BCUT2D eigenvalue weighted by atomic mass is 16.5. The van der Waals surface area contributed by atoms with E-state index in [1.165, 1.54) is 5.56 Å². The van der Waals surface area contributed by atoms with Crippen LogP contribution in [0.3, 0.4) is 0 Å². The molecule has 6 rings (SSSR count). The number of nitrogens with one attached hydrogen (secondary N) is 1. The van der Waals surface area contributed by atoms with E-state index in [2.05, 4.69) is 48.6 Å². The van der Waals surface area contributed by atoms with Gasteiger partial charge in [0.15, 0.2) is 11.5 Å². The maximum Gasteiger partial charge on any atom is 0.204 e. The first kappa shape index (κ1) is 18.1. The number of ether oxygens (including phenoxy) is 1. The zero-order valence-electron chi connectivity index (χ0n) is 16.9. The standard InChI is InChI=1S/C23H22N6O2/c1-2-4-21-19(3-1)29(18-7-10-28(11-8-18)14-16-9-12-30-15-16)20-6-5-17(13-22(20)31-21)23-24-26-27-25-23/h1-6,9,12-13,15,18H,7-8,10-11,14H2,(H,24,25,26,27). The fraction of sp³-hybridized carbons (Fsp3) is 0.261. The van der Waals surface area contributed by atoms with E-state index in [0.717, 1.165) is 60.9 Å². The monoisotopic (exact) mass is 414 g/mol. The molecular formula is C23H22N6O2. The highest BCUT2D eigenvalue weighted by Gasteiger charge is 2.32. The van der Waals surface area contributed by atoms with Gasteiger partial charge >= 0.3 is 0 Å². The molecular weight excluding hydrogens is 392 g/mol. The number of furan rings is 1. The number of benzene rings is 2. The zero-order valence-corrected chi connectivity index (χ0v) is 16.9. The lowest BCUT2D eigenvalue weighted by molar-refractivity contribution is 0.204. The van der Waals surface area contributed by atoms with Gasteiger partial charge in [-0.2, -0.15) is 5.21 Å². The quantitative estimate of drug-likeness (QED) is 0.531. The molecule has 0 amide bonds. The summed E-state index contributed by atoms with van der Waals surface area (Å²) in [5.74, 6) is 2.26. The Morgan fingerprint density at radius 2 is 1.87 bits per heavy atom. The summed E-state index contributed by atoms with van der Waals surface area (Å²) in [6.45, 7) is 3.03. The number of para-hydroxylation sites is 2. The van der Waals surface area contributed by atoms with Gasteiger partial charge in [0.25, 0.3) is 0 Å². The Morgan fingerprint density at radius 3 is 2.68 bits per heavy atom. The largest absolute Gasteiger partial charge is 0.472 e. The minimum absolute atomic E-state index is 0.403. The third-order valence-corrected chi connectivity index (χ3v) is 6.08. The van der Waals surface area contributed by atoms with Crippen LogP contribution in [0.5, 0.6) is 11.5 Å². The van der Waals surface area contributed by atoms with Crippen molar-refractivity contribution < 1.29 is 9.15 Å². The molecule has 1 N–H and O–H groups in total. The first-order chi connectivity index (χ1) is 15.3. The molecule has 2 aromatic heterocycles. The minimum atomic E-state index is 0.403. The van der Waals surface area contributed by atoms with Crippen LogP contribution in [-0.2, 0) is 6.54 Å². The van der Waals surface area contributed by atoms with Crippen molar-refractivity contribution in [2.24, 2.45) is 0 Å². The number of piperidine rings is 1. The normalized spacial score (nSPS) is 16.6. The molecule has 0 saturated carbocycles. The molecule has 2 aromatic carbocycles. The molecule has 156 valence electrons. The zero-order chi connectivity index (χ0) is 20.6. The number of anilines is 2. The summed E-state index contributed by atoms with van der Waals surface area (Å²) in [4.78, 5) is 4.94. The Bertz CT molecular complexity index is 1170. The molecule has 0 bridgehead atoms. The Balaban J connectivity index is 1.29. The maximum atomic E-state index is 6.28. The van der Waals surface area contributed by atoms with Crippen molar-refractivity contribution in [2.75, 3.05) is 18.0 Å². The Hall–Kier alpha value is -3.65. The van der Waals surface area contributed by atoms with Crippen molar-refractivity contribution in [2.45, 2.75) is 25.4 Å². The lowest BCUT2D eigenvalue weighted by Gasteiger charge is -2.42. The van der Waals surface area contributed by atoms with Crippen LogP contribution < -0.4 is 9.64 Å². The highest BCUT2D eigenvalue weighted by Crippen LogP contribution is 2.49. The highest BCUT2D eigenvalue weighted by molar-refractivity contribution is 5.80. The average molecular weight is 414 g/mol. The second kappa shape index (κ2) is 7.55. The van der Waals surface area contributed by atoms with Gasteiger partial charge in [0, 0.05) is 36.8 Å². The van der Waals surface area contributed by atoms with Crippen LogP contribution in [-0.4, -0.2) is 44.7 Å². The van der Waals surface area contributed by atoms with Gasteiger partial charge in [-0.1, -0.05) is 12.1 Å². The first-order valence-electron chi connectivity index (χ1n) is 10.5. The van der Waals surface area contributed by atoms with Crippen LogP contribution in [0.25, 0.3) is 11.4 Å². The van der Waals surface area contributed by atoms with Crippen LogP contribution in [0.2, 0.25) is 0 Å². The summed E-state index contributed by atoms with van der Waals surface area (Å²) in [6.07, 6.45) is 5.74. The van der Waals surface area contributed by atoms with E-state index in [9.17, 15) is 0 Å². The molecule has 4 heterocycles. The summed E-state index contributed by atoms with van der Waals surface area (Å²) in [5, 5.41) is 14.4. The number of likely N-dealkylation sites (tertiary alicyclic amines) is 1. The predicted molar refractivity (Wildman–Crippen MR) is 115 cm³/mol. The third kappa shape index (κ3) is 3.34. The molecule has 2 aliphatic rings. The summed E-state index contributed by atoms with van der Waals surface area (Å²) < 4.78 is 11.5. The number of aromatic amines is 1. The smallest absolute Gasteiger partial charge is 0.204 e. The molecule has 8 heteroatoms. The third-order valence-electron chi connectivity index (χ3n) is 6.08. The van der Waals surface area contributed by atoms with Gasteiger partial charge in [-0.25, -0.2) is 0 Å². The number of tetrazole rings is 1. The van der Waals surface area contributed by atoms with Crippen LogP contribution in [0.15, 0.2) is 65.5 Å². The van der Waals surface area contributed by atoms with Gasteiger partial charge in [-0.3, -0.25) is 4.90 Å². The number of nitrogens with zero attached hydrogens (tertiary/aromatic N) is 5. The van der Waals surface area contributed by atoms with Crippen molar-refractivity contribution >= 4 is 11.4 Å². The lowest BCUT2D eigenvalue weighted by Crippen LogP contribution is -2.43. The maximum absolute atomic E-state index is 6.28. The molecule has 0 spiro atoms. The SMILES string of the molecule is c1ccc2c(c1)Oc1cc(-c3nn[nH]n3)ccc1N2C1CCN(Cc2ccoc2)CC1. The summed E-state index contributed by atoms with van der Waals surface area (Å²) in [6, 6.07) is 16.8. The first-order valence-corrected chi connectivity index (χ1v) is 10.5. The van der Waals surface area contributed by atoms with Gasteiger partial charge in [-0.05, 0) is 54.5 Å². The second-order valence-corrected chi connectivity index (χ2v) is 8.00. The van der Waals surface area contributed by atoms with Gasteiger partial charge in [0.2, 0.25) is 5.82 Å². The van der Waals surface area contributed by atoms with E-state index in [1.807, 2.05) is 36.6 Å². The van der Waals surface area contributed by atoms with Crippen molar-refractivity contribution in [1.82, 2.24) is 25.5 Å². The van der Waals surface area contributed by atoms with Gasteiger partial charge in [0.05, 0.1) is 23.9 Å². The molecule has 0 aliphatic carbocycles. The number of fused-ring (bicyclic) bond motifs is 2. The molecule has 4 aromatic rings. The number of rotatable bonds is 4. The summed E-state index contributed by atoms with van der Waals surface area (Å²) in [5.41, 5.74) is 4.31. The Labute approximate surface area is 179 Å². The fourth-order valence-electron chi connectivity index (χ4n) is 4.58. The average Bonchev–Trinajstić information content (AvgIpc) is 3.52. The van der Waals surface area contributed by atoms with Crippen molar-refractivity contribution in [3.63, 3.8) is 0 Å². The van der Waals surface area contributed by atoms with E-state index >= 15 is 0 Å². The molecule has 2 aliphatic heterocycles. The number of hydrogen-bond acceptors (Lipinski definition) is 7. The molecule has 0 radical (unpaired) electrons. The van der Waals surface area contributed by atoms with Gasteiger partial charge in [-0.15, -0.1) is 10.2 Å². The molecule has 1 saturated heterocycles. The lowest BCUT2D eigenvalue weighted by atomic mass is 9.99. The Morgan fingerprint density at radius 1 is 1.00 bits per heavy atom. The van der Waals surface area contributed by atoms with Gasteiger partial charge in [0.1, 0.15) is 0 Å². The molecule has 0 atom stereocenters. The van der Waals surface area contributed by atoms with Crippen molar-refractivity contribution in [3.8, 4) is 22.9 Å². The second-order valence-electron chi connectivity index (χ2n) is 8.00. The molecule has 31 heavy (non-hydrogen) atoms. The van der Waals surface area contributed by atoms with Crippen LogP contribution in [0, 0.1) is 0 Å². The predicted octanol–water partition coefficient (Wildman–Crippen LogP) is 4.37. The van der Waals surface area contributed by atoms with Crippen molar-refractivity contribution in [1.29, 1.82) is 0 Å². The number of aromatic nitrogens is 4. The molecule has 1 fully saturated rings. The number of hydrogen-bond donors (Lipinski definition) is 1. The van der Waals surface area contributed by atoms with Gasteiger partial charge < -0.3 is 14.1 Å². The minimum Gasteiger partial charge on any atom is -0.472 e. The molecule has 8 nitrogen and oxygen atoms in total. The van der Waals surface area contributed by atoms with E-state index in [1.54, 1.807) is 6.26 Å². The summed E-state index contributed by atoms with van der Waals surface area (Å²) in [7, 11) is 0. The van der Waals surface area contributed by atoms with Crippen LogP contribution in [0.1, 0.15) is 18.4 Å². The fourth-order valence-corrected chi connectivity index (χ4v) is 4.58. The van der Waals surface area contributed by atoms with E-state index in [0.29, 0.717) is 11.9 Å². The van der Waals surface area contributed by atoms with Crippen LogP contribution >= 0.6 is 0 Å². The van der Waals surface area contributed by atoms with Crippen LogP contribution in [0.4, 0.5) is 11.4 Å². The van der Waals surface area contributed by atoms with E-state index < -0.39 is 0 Å². The van der Waals surface area contributed by atoms with Crippen molar-refractivity contribution in [3.05, 3.63) is 66.6 Å². The van der Waals surface area contributed by atoms with E-state index in [-0.39, 0.29) is 0 Å². The summed E-state index contributed by atoms with van der Waals surface area (Å²) >= 11 is 0.